The van der Waals surface area contributed by atoms with E-state index in [9.17, 15) is 4.79 Å². The van der Waals surface area contributed by atoms with E-state index in [1.165, 1.54) is 12.8 Å². The molecule has 4 rings (SSSR count). The highest BCUT2D eigenvalue weighted by molar-refractivity contribution is 5.77. The van der Waals surface area contributed by atoms with Crippen molar-refractivity contribution in [2.24, 2.45) is 0 Å². The maximum absolute atomic E-state index is 13.0. The zero-order chi connectivity index (χ0) is 16.5. The second-order valence-electron chi connectivity index (χ2n) is 6.52. The van der Waals surface area contributed by atoms with Gasteiger partial charge in [-0.25, -0.2) is 4.98 Å². The fourth-order valence-corrected chi connectivity index (χ4v) is 3.50. The number of aryl methyl sites for hydroxylation is 1. The van der Waals surface area contributed by atoms with E-state index in [0.717, 1.165) is 36.7 Å². The Morgan fingerprint density at radius 1 is 1.12 bits per heavy atom. The van der Waals surface area contributed by atoms with Crippen LogP contribution in [0.1, 0.15) is 18.5 Å². The first-order valence-electron chi connectivity index (χ1n) is 8.60. The molecule has 1 saturated heterocycles. The summed E-state index contributed by atoms with van der Waals surface area (Å²) in [6, 6.07) is 11.9. The Hall–Kier alpha value is -2.40. The van der Waals surface area contributed by atoms with Gasteiger partial charge in [0, 0.05) is 24.3 Å². The van der Waals surface area contributed by atoms with Crippen LogP contribution in [0.3, 0.4) is 0 Å². The van der Waals surface area contributed by atoms with Crippen LogP contribution in [0, 0.1) is 6.92 Å². The van der Waals surface area contributed by atoms with E-state index in [1.54, 1.807) is 0 Å². The zero-order valence-electron chi connectivity index (χ0n) is 14.0. The van der Waals surface area contributed by atoms with Gasteiger partial charge in [-0.3, -0.25) is 9.36 Å². The van der Waals surface area contributed by atoms with E-state index < -0.39 is 0 Å². The highest BCUT2D eigenvalue weighted by atomic mass is 16.1. The van der Waals surface area contributed by atoms with Gasteiger partial charge in [0.1, 0.15) is 11.5 Å². The summed E-state index contributed by atoms with van der Waals surface area (Å²) in [5, 5.41) is 0.675. The van der Waals surface area contributed by atoms with E-state index in [2.05, 4.69) is 9.88 Å². The van der Waals surface area contributed by atoms with Crippen molar-refractivity contribution >= 4 is 11.0 Å². The van der Waals surface area contributed by atoms with Crippen LogP contribution in [0.25, 0.3) is 22.4 Å². The molecular formula is C19H22N4O. The van der Waals surface area contributed by atoms with Crippen LogP contribution in [0.2, 0.25) is 0 Å². The molecule has 5 nitrogen and oxygen atoms in total. The standard InChI is InChI=1S/C19H22N4O/c1-14-13-16-17(20-14)21-18(15-7-3-2-4-8-15)23(19(16)24)12-11-22-9-5-6-10-22/h2-4,7-8,13,20H,5-6,9-12H2,1H3. The van der Waals surface area contributed by atoms with E-state index >= 15 is 0 Å². The molecule has 1 aliphatic heterocycles. The molecule has 0 saturated carbocycles. The van der Waals surface area contributed by atoms with Gasteiger partial charge in [-0.05, 0) is 38.9 Å². The molecule has 5 heteroatoms. The number of nitrogens with zero attached hydrogens (tertiary/aromatic N) is 3. The third kappa shape index (κ3) is 2.76. The topological polar surface area (TPSA) is 53.9 Å². The lowest BCUT2D eigenvalue weighted by molar-refractivity contribution is 0.321. The van der Waals surface area contributed by atoms with Crippen LogP contribution in [0.5, 0.6) is 0 Å². The monoisotopic (exact) mass is 322 g/mol. The van der Waals surface area contributed by atoms with Gasteiger partial charge in [0.05, 0.1) is 5.39 Å². The smallest absolute Gasteiger partial charge is 0.263 e. The second kappa shape index (κ2) is 6.24. The normalized spacial score (nSPS) is 15.4. The largest absolute Gasteiger partial charge is 0.343 e. The van der Waals surface area contributed by atoms with Crippen LogP contribution in [0.15, 0.2) is 41.2 Å². The predicted molar refractivity (Wildman–Crippen MR) is 96.2 cm³/mol. The van der Waals surface area contributed by atoms with Gasteiger partial charge < -0.3 is 9.88 Å². The Kier molecular flexibility index (Phi) is 3.94. The number of hydrogen-bond acceptors (Lipinski definition) is 3. The van der Waals surface area contributed by atoms with E-state index in [4.69, 9.17) is 4.98 Å². The number of fused-ring (bicyclic) bond motifs is 1. The Morgan fingerprint density at radius 3 is 2.62 bits per heavy atom. The van der Waals surface area contributed by atoms with Gasteiger partial charge in [0.25, 0.3) is 5.56 Å². The van der Waals surface area contributed by atoms with Gasteiger partial charge in [0.2, 0.25) is 0 Å². The molecule has 1 fully saturated rings. The van der Waals surface area contributed by atoms with Gasteiger partial charge in [-0.1, -0.05) is 30.3 Å². The second-order valence-corrected chi connectivity index (χ2v) is 6.52. The average molecular weight is 322 g/mol. The van der Waals surface area contributed by atoms with Gasteiger partial charge >= 0.3 is 0 Å². The minimum atomic E-state index is 0.0439. The summed E-state index contributed by atoms with van der Waals surface area (Å²) in [6.07, 6.45) is 2.52. The molecule has 0 spiro atoms. The molecule has 0 radical (unpaired) electrons. The Balaban J connectivity index is 1.81. The fraction of sp³-hybridized carbons (Fsp3) is 0.368. The summed E-state index contributed by atoms with van der Waals surface area (Å²) in [4.78, 5) is 23.4. The Morgan fingerprint density at radius 2 is 1.88 bits per heavy atom. The van der Waals surface area contributed by atoms with Crippen LogP contribution < -0.4 is 5.56 Å². The summed E-state index contributed by atoms with van der Waals surface area (Å²) >= 11 is 0. The molecule has 124 valence electrons. The fourth-order valence-electron chi connectivity index (χ4n) is 3.50. The Labute approximate surface area is 140 Å². The highest BCUT2D eigenvalue weighted by Crippen LogP contribution is 2.19. The summed E-state index contributed by atoms with van der Waals surface area (Å²) < 4.78 is 1.84. The minimum Gasteiger partial charge on any atom is -0.343 e. The van der Waals surface area contributed by atoms with Crippen molar-refractivity contribution in [1.82, 2.24) is 19.4 Å². The lowest BCUT2D eigenvalue weighted by atomic mass is 10.2. The van der Waals surface area contributed by atoms with Crippen molar-refractivity contribution in [3.63, 3.8) is 0 Å². The number of aromatic nitrogens is 3. The molecule has 0 atom stereocenters. The summed E-state index contributed by atoms with van der Waals surface area (Å²) in [5.41, 5.74) is 2.66. The number of rotatable bonds is 4. The molecule has 1 aliphatic rings. The first-order valence-corrected chi connectivity index (χ1v) is 8.60. The maximum atomic E-state index is 13.0. The van der Waals surface area contributed by atoms with Crippen LogP contribution in [-0.4, -0.2) is 39.1 Å². The minimum absolute atomic E-state index is 0.0439. The molecule has 1 N–H and O–H groups in total. The van der Waals surface area contributed by atoms with Crippen molar-refractivity contribution in [1.29, 1.82) is 0 Å². The van der Waals surface area contributed by atoms with Gasteiger partial charge in [-0.2, -0.15) is 0 Å². The van der Waals surface area contributed by atoms with Gasteiger partial charge in [-0.15, -0.1) is 0 Å². The number of likely N-dealkylation sites (tertiary alicyclic amines) is 1. The Bertz CT molecular complexity index is 904. The SMILES string of the molecule is Cc1cc2c(=O)n(CCN3CCCC3)c(-c3ccccc3)nc2[nH]1. The van der Waals surface area contributed by atoms with Crippen molar-refractivity contribution in [2.45, 2.75) is 26.3 Å². The number of aromatic amines is 1. The van der Waals surface area contributed by atoms with Crippen molar-refractivity contribution < 1.29 is 0 Å². The molecule has 0 aliphatic carbocycles. The number of H-pyrrole nitrogens is 1. The molecule has 24 heavy (non-hydrogen) atoms. The van der Waals surface area contributed by atoms with E-state index in [1.807, 2.05) is 47.9 Å². The van der Waals surface area contributed by atoms with Gasteiger partial charge in [0.15, 0.2) is 0 Å². The maximum Gasteiger partial charge on any atom is 0.263 e. The predicted octanol–water partition coefficient (Wildman–Crippen LogP) is 2.80. The van der Waals surface area contributed by atoms with E-state index in [-0.39, 0.29) is 5.56 Å². The molecule has 3 heterocycles. The molecule has 2 aromatic heterocycles. The van der Waals surface area contributed by atoms with Crippen LogP contribution in [-0.2, 0) is 6.54 Å². The lowest BCUT2D eigenvalue weighted by Crippen LogP contribution is -2.30. The summed E-state index contributed by atoms with van der Waals surface area (Å²) in [6.45, 7) is 5.80. The molecule has 0 bridgehead atoms. The molecule has 1 aromatic carbocycles. The first kappa shape index (κ1) is 15.1. The molecular weight excluding hydrogens is 300 g/mol. The zero-order valence-corrected chi connectivity index (χ0v) is 14.0. The number of nitrogens with one attached hydrogen (secondary N) is 1. The third-order valence-corrected chi connectivity index (χ3v) is 4.75. The number of benzene rings is 1. The molecule has 0 amide bonds. The van der Waals surface area contributed by atoms with Crippen LogP contribution in [0.4, 0.5) is 0 Å². The van der Waals surface area contributed by atoms with Crippen molar-refractivity contribution in [2.75, 3.05) is 19.6 Å². The first-order chi connectivity index (χ1) is 11.7. The van der Waals surface area contributed by atoms with Crippen LogP contribution >= 0.6 is 0 Å². The number of hydrogen-bond donors (Lipinski definition) is 1. The van der Waals surface area contributed by atoms with Crippen molar-refractivity contribution in [3.05, 3.63) is 52.4 Å². The highest BCUT2D eigenvalue weighted by Gasteiger charge is 2.16. The average Bonchev–Trinajstić information content (AvgIpc) is 3.23. The summed E-state index contributed by atoms with van der Waals surface area (Å²) in [5.74, 6) is 0.745. The lowest BCUT2D eigenvalue weighted by Gasteiger charge is -2.17. The summed E-state index contributed by atoms with van der Waals surface area (Å²) in [7, 11) is 0. The molecule has 0 unspecified atom stereocenters. The van der Waals surface area contributed by atoms with Crippen molar-refractivity contribution in [3.8, 4) is 11.4 Å². The molecule has 3 aromatic rings. The van der Waals surface area contributed by atoms with E-state index in [0.29, 0.717) is 17.6 Å². The quantitative estimate of drug-likeness (QED) is 0.803. The third-order valence-electron chi connectivity index (χ3n) is 4.75.